The molecule has 0 saturated heterocycles. The number of halogens is 1. The zero-order chi connectivity index (χ0) is 10.8. The first kappa shape index (κ1) is 11.6. The second kappa shape index (κ2) is 3.52. The molecule has 0 spiro atoms. The fourth-order valence-electron chi connectivity index (χ4n) is 4.88. The van der Waals surface area contributed by atoms with Crippen LogP contribution in [0.25, 0.3) is 0 Å². The van der Waals surface area contributed by atoms with Gasteiger partial charge in [0.15, 0.2) is 0 Å². The zero-order valence-electron chi connectivity index (χ0n) is 10.2. The zero-order valence-corrected chi connectivity index (χ0v) is 15.2. The predicted molar refractivity (Wildman–Crippen MR) is 77.4 cm³/mol. The molecule has 4 aliphatic carbocycles. The molecule has 4 bridgehead atoms. The molecule has 0 N–H and O–H groups in total. The molecule has 0 radical (unpaired) electrons. The third-order valence-electron chi connectivity index (χ3n) is 5.75. The first-order chi connectivity index (χ1) is 6.91. The Hall–Kier alpha value is 1.53. The van der Waals surface area contributed by atoms with Crippen molar-refractivity contribution in [3.8, 4) is 0 Å². The van der Waals surface area contributed by atoms with Crippen LogP contribution in [0.4, 0.5) is 0 Å². The van der Waals surface area contributed by atoms with E-state index >= 15 is 0 Å². The standard InChI is InChI=1S/C10H14I.3CH3.Sn/c11-10-8-2-6-1-7(4-8)5-9(10)3-6;;;;/h6,8-10H,1-5H2;3*1H3;/t6?,8-,9+,10?;;;;. The second-order valence-corrected chi connectivity index (χ2v) is 24.8. The number of hydrogen-bond acceptors (Lipinski definition) is 0. The maximum absolute atomic E-state index is 2.78. The molecular formula is C13H23ISn. The molecule has 86 valence electrons. The van der Waals surface area contributed by atoms with Crippen LogP contribution < -0.4 is 0 Å². The van der Waals surface area contributed by atoms with Crippen molar-refractivity contribution in [1.82, 2.24) is 0 Å². The Morgan fingerprint density at radius 3 is 2.00 bits per heavy atom. The molecule has 2 heteroatoms. The molecule has 0 aromatic heterocycles. The van der Waals surface area contributed by atoms with Crippen LogP contribution in [-0.4, -0.2) is 22.3 Å². The third kappa shape index (κ3) is 1.65. The van der Waals surface area contributed by atoms with Crippen LogP contribution in [0, 0.1) is 17.8 Å². The Labute approximate surface area is 112 Å². The van der Waals surface area contributed by atoms with Gasteiger partial charge in [0.2, 0.25) is 0 Å². The van der Waals surface area contributed by atoms with Crippen molar-refractivity contribution >= 4 is 41.0 Å². The Morgan fingerprint density at radius 1 is 1.00 bits per heavy atom. The molecule has 4 aliphatic rings. The van der Waals surface area contributed by atoms with Crippen molar-refractivity contribution in [1.29, 1.82) is 0 Å². The summed E-state index contributed by atoms with van der Waals surface area (Å²) >= 11 is 1.08. The first-order valence-electron chi connectivity index (χ1n) is 6.55. The minimum absolute atomic E-state index is 0.923. The molecule has 15 heavy (non-hydrogen) atoms. The summed E-state index contributed by atoms with van der Waals surface area (Å²) in [6.07, 6.45) is 8.09. The van der Waals surface area contributed by atoms with Crippen molar-refractivity contribution in [2.45, 2.75) is 54.3 Å². The number of hydrogen-bond donors (Lipinski definition) is 0. The number of alkyl halides is 1. The van der Waals surface area contributed by atoms with Gasteiger partial charge in [0.25, 0.3) is 0 Å². The molecular weight excluding hydrogens is 402 g/mol. The quantitative estimate of drug-likeness (QED) is 0.325. The van der Waals surface area contributed by atoms with E-state index in [1.807, 2.05) is 0 Å². The van der Waals surface area contributed by atoms with Gasteiger partial charge in [0.1, 0.15) is 0 Å². The van der Waals surface area contributed by atoms with Crippen LogP contribution in [0.5, 0.6) is 0 Å². The average Bonchev–Trinajstić information content (AvgIpc) is 2.10. The van der Waals surface area contributed by atoms with Crippen LogP contribution in [0.2, 0.25) is 18.2 Å². The van der Waals surface area contributed by atoms with E-state index in [4.69, 9.17) is 0 Å². The van der Waals surface area contributed by atoms with Crippen LogP contribution in [-0.2, 0) is 0 Å². The SMILES string of the molecule is [CH3][Sn]([CH3])([CH3])[C]12CC3C[C@H](C1)C(I)[C@@H](C3)C2. The molecule has 0 aromatic rings. The van der Waals surface area contributed by atoms with Crippen LogP contribution in [0.1, 0.15) is 32.1 Å². The Bertz CT molecular complexity index is 265. The van der Waals surface area contributed by atoms with Gasteiger partial charge in [0, 0.05) is 0 Å². The molecule has 0 amide bonds. The van der Waals surface area contributed by atoms with Crippen molar-refractivity contribution in [2.24, 2.45) is 17.8 Å². The van der Waals surface area contributed by atoms with Crippen molar-refractivity contribution < 1.29 is 0 Å². The Morgan fingerprint density at radius 2 is 1.53 bits per heavy atom. The van der Waals surface area contributed by atoms with Gasteiger partial charge in [-0.25, -0.2) is 0 Å². The van der Waals surface area contributed by atoms with E-state index in [1.54, 1.807) is 32.1 Å². The molecule has 0 heterocycles. The molecule has 3 unspecified atom stereocenters. The molecule has 4 fully saturated rings. The van der Waals surface area contributed by atoms with Gasteiger partial charge < -0.3 is 0 Å². The average molecular weight is 425 g/mol. The summed E-state index contributed by atoms with van der Waals surface area (Å²) < 4.78 is 1.97. The molecule has 0 nitrogen and oxygen atoms in total. The molecule has 4 rings (SSSR count). The van der Waals surface area contributed by atoms with E-state index in [1.165, 1.54) is 0 Å². The molecule has 5 atom stereocenters. The van der Waals surface area contributed by atoms with Crippen molar-refractivity contribution in [3.63, 3.8) is 0 Å². The summed E-state index contributed by atoms with van der Waals surface area (Å²) in [5.74, 6) is 3.38. The summed E-state index contributed by atoms with van der Waals surface area (Å²) in [6.45, 7) is 0. The van der Waals surface area contributed by atoms with Gasteiger partial charge in [-0.2, -0.15) is 0 Å². The van der Waals surface area contributed by atoms with Crippen LogP contribution in [0.3, 0.4) is 0 Å². The fraction of sp³-hybridized carbons (Fsp3) is 1.00. The Balaban J connectivity index is 1.96. The monoisotopic (exact) mass is 426 g/mol. The molecule has 0 aliphatic heterocycles. The third-order valence-corrected chi connectivity index (χ3v) is 18.6. The fourth-order valence-corrected chi connectivity index (χ4v) is 13.5. The van der Waals surface area contributed by atoms with Gasteiger partial charge >= 0.3 is 113 Å². The van der Waals surface area contributed by atoms with Gasteiger partial charge in [-0.05, 0) is 0 Å². The predicted octanol–water partition coefficient (Wildman–Crippen LogP) is 4.71. The van der Waals surface area contributed by atoms with Crippen LogP contribution >= 0.6 is 22.6 Å². The summed E-state index contributed by atoms with van der Waals surface area (Å²) in [6, 6.07) is 0. The van der Waals surface area contributed by atoms with E-state index in [-0.39, 0.29) is 0 Å². The number of rotatable bonds is 1. The summed E-state index contributed by atoms with van der Waals surface area (Å²) in [5.41, 5.74) is 0. The molecule has 0 aromatic carbocycles. The molecule has 4 saturated carbocycles. The van der Waals surface area contributed by atoms with E-state index in [0.717, 1.165) is 25.1 Å². The second-order valence-electron chi connectivity index (χ2n) is 7.44. The van der Waals surface area contributed by atoms with Crippen molar-refractivity contribution in [3.05, 3.63) is 0 Å². The van der Waals surface area contributed by atoms with Gasteiger partial charge in [-0.15, -0.1) is 0 Å². The van der Waals surface area contributed by atoms with Gasteiger partial charge in [0.05, 0.1) is 0 Å². The summed E-state index contributed by atoms with van der Waals surface area (Å²) in [7, 11) is 0. The van der Waals surface area contributed by atoms with E-state index in [0.29, 0.717) is 0 Å². The van der Waals surface area contributed by atoms with Crippen LogP contribution in [0.15, 0.2) is 0 Å². The van der Waals surface area contributed by atoms with E-state index in [2.05, 4.69) is 37.4 Å². The maximum atomic E-state index is 2.78. The summed E-state index contributed by atoms with van der Waals surface area (Å²) in [4.78, 5) is 8.10. The summed E-state index contributed by atoms with van der Waals surface area (Å²) in [5, 5.41) is 0. The van der Waals surface area contributed by atoms with Gasteiger partial charge in [-0.3, -0.25) is 0 Å². The topological polar surface area (TPSA) is 0 Å². The van der Waals surface area contributed by atoms with Gasteiger partial charge in [-0.1, -0.05) is 0 Å². The van der Waals surface area contributed by atoms with E-state index in [9.17, 15) is 0 Å². The first-order valence-corrected chi connectivity index (χ1v) is 17.8. The van der Waals surface area contributed by atoms with Crippen molar-refractivity contribution in [2.75, 3.05) is 0 Å². The normalized spacial score (nSPS) is 53.6. The minimum atomic E-state index is -1.70. The van der Waals surface area contributed by atoms with E-state index < -0.39 is 18.4 Å². The Kier molecular flexibility index (Phi) is 2.72.